The maximum atomic E-state index is 12.7. The van der Waals surface area contributed by atoms with E-state index in [9.17, 15) is 18.0 Å². The zero-order valence-corrected chi connectivity index (χ0v) is 13.7. The van der Waals surface area contributed by atoms with Crippen molar-refractivity contribution in [3.8, 4) is 0 Å². The molecule has 1 N–H and O–H groups in total. The average Bonchev–Trinajstić information content (AvgIpc) is 3.26. The van der Waals surface area contributed by atoms with Gasteiger partial charge in [-0.3, -0.25) is 4.79 Å². The summed E-state index contributed by atoms with van der Waals surface area (Å²) in [5.41, 5.74) is 0.190. The van der Waals surface area contributed by atoms with Crippen molar-refractivity contribution in [1.82, 2.24) is 0 Å². The van der Waals surface area contributed by atoms with Crippen molar-refractivity contribution in [2.75, 3.05) is 5.32 Å². The molecule has 3 rings (SSSR count). The minimum absolute atomic E-state index is 0.0213. The molecule has 1 saturated carbocycles. The lowest BCUT2D eigenvalue weighted by Gasteiger charge is -2.10. The lowest BCUT2D eigenvalue weighted by Crippen LogP contribution is -2.15. The highest BCUT2D eigenvalue weighted by Gasteiger charge is 2.44. The van der Waals surface area contributed by atoms with Gasteiger partial charge in [0.15, 0.2) is 0 Å². The highest BCUT2D eigenvalue weighted by atomic mass is 35.5. The number of hydrogen-bond acceptors (Lipinski definition) is 1. The third-order valence-corrected chi connectivity index (χ3v) is 4.33. The van der Waals surface area contributed by atoms with Crippen LogP contribution in [0.15, 0.2) is 42.5 Å². The Morgan fingerprint density at radius 2 is 1.75 bits per heavy atom. The van der Waals surface area contributed by atoms with Crippen LogP contribution in [0.5, 0.6) is 0 Å². The van der Waals surface area contributed by atoms with Gasteiger partial charge in [-0.05, 0) is 54.3 Å². The fraction of sp³-hybridized carbons (Fsp3) is 0.235. The van der Waals surface area contributed by atoms with E-state index in [2.05, 4.69) is 5.32 Å². The smallest absolute Gasteiger partial charge is 0.326 e. The number of rotatable bonds is 3. The molecule has 1 aliphatic carbocycles. The fourth-order valence-electron chi connectivity index (χ4n) is 2.65. The molecule has 7 heteroatoms. The first-order valence-electron chi connectivity index (χ1n) is 7.18. The zero-order chi connectivity index (χ0) is 17.5. The number of benzene rings is 2. The van der Waals surface area contributed by atoms with Crippen LogP contribution < -0.4 is 5.32 Å². The molecule has 2 nitrogen and oxygen atoms in total. The summed E-state index contributed by atoms with van der Waals surface area (Å²) >= 11 is 11.9. The highest BCUT2D eigenvalue weighted by molar-refractivity contribution is 6.34. The second kappa shape index (κ2) is 6.30. The van der Waals surface area contributed by atoms with Crippen LogP contribution in [0, 0.1) is 5.92 Å². The van der Waals surface area contributed by atoms with Gasteiger partial charge < -0.3 is 5.32 Å². The predicted molar refractivity (Wildman–Crippen MR) is 87.4 cm³/mol. The van der Waals surface area contributed by atoms with Crippen molar-refractivity contribution in [2.24, 2.45) is 5.92 Å². The first kappa shape index (κ1) is 17.1. The topological polar surface area (TPSA) is 29.1 Å². The summed E-state index contributed by atoms with van der Waals surface area (Å²) in [6, 6.07) is 9.67. The quantitative estimate of drug-likeness (QED) is 0.728. The van der Waals surface area contributed by atoms with E-state index in [0.717, 1.165) is 17.7 Å². The first-order chi connectivity index (χ1) is 11.2. The van der Waals surface area contributed by atoms with E-state index < -0.39 is 11.7 Å². The summed E-state index contributed by atoms with van der Waals surface area (Å²) in [6.45, 7) is 0. The number of carbonyl (C=O) groups excluding carboxylic acids is 1. The van der Waals surface area contributed by atoms with Crippen LogP contribution in [0.3, 0.4) is 0 Å². The molecule has 1 aliphatic rings. The van der Waals surface area contributed by atoms with Gasteiger partial charge >= 0.3 is 6.18 Å². The first-order valence-corrected chi connectivity index (χ1v) is 7.94. The van der Waals surface area contributed by atoms with Gasteiger partial charge in [0.05, 0.1) is 5.56 Å². The fourth-order valence-corrected chi connectivity index (χ4v) is 3.19. The number of hydrogen-bond donors (Lipinski definition) is 1. The second-order valence-electron chi connectivity index (χ2n) is 5.72. The van der Waals surface area contributed by atoms with E-state index in [1.807, 2.05) is 0 Å². The number of amides is 1. The standard InChI is InChI=1S/C17H12Cl2F3NO/c18-11-4-9(5-12(19)7-11)14-8-15(14)16(24)23-13-3-1-2-10(6-13)17(20,21)22/h1-7,14-15H,8H2,(H,23,24). The number of anilines is 1. The minimum Gasteiger partial charge on any atom is -0.326 e. The maximum Gasteiger partial charge on any atom is 0.416 e. The Morgan fingerprint density at radius 1 is 1.08 bits per heavy atom. The Bertz CT molecular complexity index is 771. The molecule has 0 saturated heterocycles. The second-order valence-corrected chi connectivity index (χ2v) is 6.59. The Kier molecular flexibility index (Phi) is 4.49. The Balaban J connectivity index is 1.69. The van der Waals surface area contributed by atoms with E-state index in [1.165, 1.54) is 12.1 Å². The third-order valence-electron chi connectivity index (χ3n) is 3.90. The molecular formula is C17H12Cl2F3NO. The van der Waals surface area contributed by atoms with Gasteiger partial charge in [0.2, 0.25) is 5.91 Å². The van der Waals surface area contributed by atoms with Gasteiger partial charge in [-0.15, -0.1) is 0 Å². The molecule has 126 valence electrons. The molecule has 0 heterocycles. The van der Waals surface area contributed by atoms with Crippen LogP contribution in [0.1, 0.15) is 23.5 Å². The van der Waals surface area contributed by atoms with Crippen molar-refractivity contribution in [1.29, 1.82) is 0 Å². The average molecular weight is 374 g/mol. The molecule has 0 bridgehead atoms. The normalized spacial score (nSPS) is 19.9. The molecule has 0 aromatic heterocycles. The monoisotopic (exact) mass is 373 g/mol. The third kappa shape index (κ3) is 3.84. The van der Waals surface area contributed by atoms with Crippen molar-refractivity contribution in [3.63, 3.8) is 0 Å². The molecule has 24 heavy (non-hydrogen) atoms. The van der Waals surface area contributed by atoms with E-state index in [0.29, 0.717) is 16.5 Å². The van der Waals surface area contributed by atoms with Crippen LogP contribution in [-0.2, 0) is 11.0 Å². The highest BCUT2D eigenvalue weighted by Crippen LogP contribution is 2.49. The van der Waals surface area contributed by atoms with Crippen molar-refractivity contribution in [2.45, 2.75) is 18.5 Å². The van der Waals surface area contributed by atoms with Gasteiger partial charge in [0.1, 0.15) is 0 Å². The lowest BCUT2D eigenvalue weighted by atomic mass is 10.1. The van der Waals surface area contributed by atoms with Gasteiger partial charge in [-0.1, -0.05) is 29.3 Å². The van der Waals surface area contributed by atoms with Crippen molar-refractivity contribution < 1.29 is 18.0 Å². The lowest BCUT2D eigenvalue weighted by molar-refractivity contribution is -0.137. The van der Waals surface area contributed by atoms with Gasteiger partial charge in [0.25, 0.3) is 0 Å². The summed E-state index contributed by atoms with van der Waals surface area (Å²) in [6.07, 6.45) is -3.83. The molecule has 1 amide bonds. The number of nitrogens with one attached hydrogen (secondary N) is 1. The molecular weight excluding hydrogens is 362 g/mol. The molecule has 2 atom stereocenters. The van der Waals surface area contributed by atoms with Gasteiger partial charge in [0, 0.05) is 21.7 Å². The van der Waals surface area contributed by atoms with Crippen LogP contribution in [0.25, 0.3) is 0 Å². The van der Waals surface area contributed by atoms with Gasteiger partial charge in [-0.2, -0.15) is 13.2 Å². The zero-order valence-electron chi connectivity index (χ0n) is 12.2. The van der Waals surface area contributed by atoms with Crippen LogP contribution >= 0.6 is 23.2 Å². The largest absolute Gasteiger partial charge is 0.416 e. The minimum atomic E-state index is -4.44. The summed E-state index contributed by atoms with van der Waals surface area (Å²) in [4.78, 5) is 12.2. The van der Waals surface area contributed by atoms with E-state index in [-0.39, 0.29) is 23.4 Å². The predicted octanol–water partition coefficient (Wildman–Crippen LogP) is 5.75. The Hall–Kier alpha value is -1.72. The molecule has 1 fully saturated rings. The number of alkyl halides is 3. The summed E-state index contributed by atoms with van der Waals surface area (Å²) in [5.74, 6) is -0.628. The van der Waals surface area contributed by atoms with Crippen molar-refractivity contribution in [3.05, 3.63) is 63.6 Å². The van der Waals surface area contributed by atoms with Crippen LogP contribution in [0.2, 0.25) is 10.0 Å². The molecule has 0 spiro atoms. The maximum absolute atomic E-state index is 12.7. The number of carbonyl (C=O) groups is 1. The van der Waals surface area contributed by atoms with Crippen LogP contribution in [0.4, 0.5) is 18.9 Å². The molecule has 0 aliphatic heterocycles. The van der Waals surface area contributed by atoms with E-state index >= 15 is 0 Å². The van der Waals surface area contributed by atoms with E-state index in [1.54, 1.807) is 18.2 Å². The Labute approximate surface area is 146 Å². The van der Waals surface area contributed by atoms with Gasteiger partial charge in [-0.25, -0.2) is 0 Å². The molecule has 2 aromatic rings. The summed E-state index contributed by atoms with van der Waals surface area (Å²) < 4.78 is 38.1. The molecule has 2 unspecified atom stereocenters. The Morgan fingerprint density at radius 3 is 2.38 bits per heavy atom. The van der Waals surface area contributed by atoms with E-state index in [4.69, 9.17) is 23.2 Å². The summed E-state index contributed by atoms with van der Waals surface area (Å²) in [5, 5.41) is 3.52. The van der Waals surface area contributed by atoms with Crippen molar-refractivity contribution >= 4 is 34.8 Å². The molecule has 2 aromatic carbocycles. The number of halogens is 5. The SMILES string of the molecule is O=C(Nc1cccc(C(F)(F)F)c1)C1CC1c1cc(Cl)cc(Cl)c1. The summed E-state index contributed by atoms with van der Waals surface area (Å²) in [7, 11) is 0. The van der Waals surface area contributed by atoms with Crippen LogP contribution in [-0.4, -0.2) is 5.91 Å². The molecule has 0 radical (unpaired) electrons.